The van der Waals surface area contributed by atoms with Crippen LogP contribution in [-0.4, -0.2) is 77.8 Å². The van der Waals surface area contributed by atoms with Crippen LogP contribution in [0.5, 0.6) is 0 Å². The van der Waals surface area contributed by atoms with E-state index >= 15 is 0 Å². The molecule has 3 heterocycles. The highest BCUT2D eigenvalue weighted by molar-refractivity contribution is 6.31. The number of benzene rings is 1. The maximum Gasteiger partial charge on any atom is 0.253 e. The third kappa shape index (κ3) is 3.90. The molecule has 0 saturated carbocycles. The zero-order valence-electron chi connectivity index (χ0n) is 16.7. The molecule has 0 aliphatic carbocycles. The summed E-state index contributed by atoms with van der Waals surface area (Å²) in [5, 5.41) is 15.8. The topological polar surface area (TPSA) is 102 Å². The Bertz CT molecular complexity index is 1050. The number of hydrogen-bond acceptors (Lipinski definition) is 6. The minimum atomic E-state index is -0.0673. The van der Waals surface area contributed by atoms with Crippen LogP contribution in [0, 0.1) is 13.8 Å². The largest absolute Gasteiger partial charge is 0.338 e. The highest BCUT2D eigenvalue weighted by atomic mass is 35.5. The summed E-state index contributed by atoms with van der Waals surface area (Å²) in [7, 11) is 0. The molecule has 0 spiro atoms. The van der Waals surface area contributed by atoms with Crippen LogP contribution < -0.4 is 0 Å². The van der Waals surface area contributed by atoms with Crippen molar-refractivity contribution in [3.8, 4) is 5.69 Å². The monoisotopic (exact) mass is 428 g/mol. The molecule has 1 saturated heterocycles. The van der Waals surface area contributed by atoms with E-state index in [0.29, 0.717) is 36.8 Å². The lowest BCUT2D eigenvalue weighted by Gasteiger charge is -2.34. The van der Waals surface area contributed by atoms with Crippen molar-refractivity contribution in [2.75, 3.05) is 26.2 Å². The van der Waals surface area contributed by atoms with Gasteiger partial charge in [0, 0.05) is 31.7 Å². The number of tetrazole rings is 1. The zero-order valence-corrected chi connectivity index (χ0v) is 17.5. The highest BCUT2D eigenvalue weighted by Crippen LogP contribution is 2.22. The molecule has 156 valence electrons. The predicted octanol–water partition coefficient (Wildman–Crippen LogP) is 1.11. The summed E-state index contributed by atoms with van der Waals surface area (Å²) in [5.74, 6) is -0.122. The number of aryl methyl sites for hydroxylation is 1. The van der Waals surface area contributed by atoms with Crippen molar-refractivity contribution < 1.29 is 9.59 Å². The van der Waals surface area contributed by atoms with Crippen molar-refractivity contribution in [3.05, 3.63) is 52.6 Å². The van der Waals surface area contributed by atoms with Crippen molar-refractivity contribution in [2.24, 2.45) is 0 Å². The Morgan fingerprint density at radius 3 is 2.27 bits per heavy atom. The first kappa shape index (κ1) is 20.0. The van der Waals surface area contributed by atoms with Crippen molar-refractivity contribution in [1.82, 2.24) is 39.8 Å². The fourth-order valence-corrected chi connectivity index (χ4v) is 3.57. The van der Waals surface area contributed by atoms with Crippen molar-refractivity contribution in [3.63, 3.8) is 0 Å². The number of piperazine rings is 1. The molecule has 0 bridgehead atoms. The molecule has 1 fully saturated rings. The maximum atomic E-state index is 12.9. The van der Waals surface area contributed by atoms with Gasteiger partial charge in [-0.2, -0.15) is 5.10 Å². The van der Waals surface area contributed by atoms with Gasteiger partial charge in [0.2, 0.25) is 5.91 Å². The van der Waals surface area contributed by atoms with Crippen LogP contribution in [0.25, 0.3) is 5.69 Å². The molecule has 10 nitrogen and oxygen atoms in total. The van der Waals surface area contributed by atoms with Crippen molar-refractivity contribution in [2.45, 2.75) is 20.4 Å². The number of aromatic nitrogens is 6. The number of halogens is 1. The van der Waals surface area contributed by atoms with E-state index in [0.717, 1.165) is 17.1 Å². The van der Waals surface area contributed by atoms with E-state index in [-0.39, 0.29) is 18.4 Å². The molecule has 1 aliphatic rings. The van der Waals surface area contributed by atoms with Crippen LogP contribution in [0.1, 0.15) is 21.7 Å². The summed E-state index contributed by atoms with van der Waals surface area (Å²) in [6.07, 6.45) is 1.40. The van der Waals surface area contributed by atoms with Crippen LogP contribution in [0.3, 0.4) is 0 Å². The molecule has 30 heavy (non-hydrogen) atoms. The lowest BCUT2D eigenvalue weighted by Crippen LogP contribution is -2.51. The van der Waals surface area contributed by atoms with Crippen LogP contribution in [0.4, 0.5) is 0 Å². The Balaban J connectivity index is 1.37. The fraction of sp³-hybridized carbons (Fsp3) is 0.368. The van der Waals surface area contributed by atoms with Crippen LogP contribution in [0.15, 0.2) is 30.6 Å². The minimum absolute atomic E-state index is 0.0551. The van der Waals surface area contributed by atoms with Gasteiger partial charge in [-0.1, -0.05) is 11.6 Å². The van der Waals surface area contributed by atoms with Crippen LogP contribution >= 0.6 is 11.6 Å². The van der Waals surface area contributed by atoms with Gasteiger partial charge < -0.3 is 9.80 Å². The normalized spacial score (nSPS) is 14.2. The molecule has 0 atom stereocenters. The molecule has 0 N–H and O–H groups in total. The van der Waals surface area contributed by atoms with E-state index in [9.17, 15) is 9.59 Å². The quantitative estimate of drug-likeness (QED) is 0.617. The Labute approximate surface area is 178 Å². The number of hydrogen-bond donors (Lipinski definition) is 0. The number of rotatable bonds is 4. The summed E-state index contributed by atoms with van der Waals surface area (Å²) in [5.41, 5.74) is 3.06. The van der Waals surface area contributed by atoms with Gasteiger partial charge in [0.05, 0.1) is 22.1 Å². The Morgan fingerprint density at radius 1 is 1.03 bits per heavy atom. The predicted molar refractivity (Wildman–Crippen MR) is 108 cm³/mol. The molecule has 0 unspecified atom stereocenters. The van der Waals surface area contributed by atoms with E-state index in [1.165, 1.54) is 11.0 Å². The molecule has 3 aromatic rings. The Kier molecular flexibility index (Phi) is 5.49. The average Bonchev–Trinajstić information content (AvgIpc) is 3.37. The van der Waals surface area contributed by atoms with E-state index in [1.54, 1.807) is 26.6 Å². The van der Waals surface area contributed by atoms with Gasteiger partial charge in [0.25, 0.3) is 5.91 Å². The maximum absolute atomic E-state index is 12.9. The lowest BCUT2D eigenvalue weighted by molar-refractivity contribution is -0.133. The third-order valence-electron chi connectivity index (χ3n) is 5.17. The molecule has 1 aromatic carbocycles. The van der Waals surface area contributed by atoms with Gasteiger partial charge in [0.15, 0.2) is 0 Å². The lowest BCUT2D eigenvalue weighted by atomic mass is 10.1. The summed E-state index contributed by atoms with van der Waals surface area (Å²) in [4.78, 5) is 28.7. The average molecular weight is 429 g/mol. The van der Waals surface area contributed by atoms with Gasteiger partial charge in [-0.25, -0.2) is 9.36 Å². The van der Waals surface area contributed by atoms with Gasteiger partial charge in [-0.15, -0.1) is 5.10 Å². The van der Waals surface area contributed by atoms with E-state index < -0.39 is 0 Å². The highest BCUT2D eigenvalue weighted by Gasteiger charge is 2.25. The summed E-state index contributed by atoms with van der Waals surface area (Å²) < 4.78 is 3.15. The third-order valence-corrected chi connectivity index (χ3v) is 5.72. The molecule has 11 heteroatoms. The zero-order chi connectivity index (χ0) is 21.3. The first-order chi connectivity index (χ1) is 14.4. The SMILES string of the molecule is Cc1nn(-c2ccc(C(=O)N3CCN(C(=O)Cn4cnnn4)CC3)cc2)c(C)c1Cl. The van der Waals surface area contributed by atoms with Gasteiger partial charge in [0.1, 0.15) is 12.9 Å². The summed E-state index contributed by atoms with van der Waals surface area (Å²) >= 11 is 6.22. The Morgan fingerprint density at radius 2 is 1.70 bits per heavy atom. The molecule has 0 radical (unpaired) electrons. The van der Waals surface area contributed by atoms with Crippen LogP contribution in [-0.2, 0) is 11.3 Å². The van der Waals surface area contributed by atoms with Gasteiger partial charge in [-0.05, 0) is 48.5 Å². The van der Waals surface area contributed by atoms with Crippen LogP contribution in [0.2, 0.25) is 5.02 Å². The fourth-order valence-electron chi connectivity index (χ4n) is 3.45. The molecule has 1 aliphatic heterocycles. The van der Waals surface area contributed by atoms with Crippen molar-refractivity contribution in [1.29, 1.82) is 0 Å². The molecule has 4 rings (SSSR count). The van der Waals surface area contributed by atoms with E-state index in [2.05, 4.69) is 20.6 Å². The molecular weight excluding hydrogens is 408 g/mol. The second kappa shape index (κ2) is 8.23. The van der Waals surface area contributed by atoms with Gasteiger partial charge >= 0.3 is 0 Å². The standard InChI is InChI=1S/C19H21ClN8O2/c1-13-18(20)14(2)28(22-13)16-5-3-15(4-6-16)19(30)26-9-7-25(8-10-26)17(29)11-27-12-21-23-24-27/h3-6,12H,7-11H2,1-2H3. The number of carbonyl (C=O) groups excluding carboxylic acids is 2. The number of carbonyl (C=O) groups is 2. The van der Waals surface area contributed by atoms with E-state index in [4.69, 9.17) is 11.6 Å². The smallest absolute Gasteiger partial charge is 0.253 e. The number of nitrogens with zero attached hydrogens (tertiary/aromatic N) is 8. The second-order valence-corrected chi connectivity index (χ2v) is 7.50. The molecule has 2 aromatic heterocycles. The second-order valence-electron chi connectivity index (χ2n) is 7.12. The van der Waals surface area contributed by atoms with Crippen molar-refractivity contribution >= 4 is 23.4 Å². The van der Waals surface area contributed by atoms with E-state index in [1.807, 2.05) is 26.0 Å². The molecular formula is C19H21ClN8O2. The summed E-state index contributed by atoms with van der Waals surface area (Å²) in [6.45, 7) is 5.78. The first-order valence-corrected chi connectivity index (χ1v) is 9.92. The Hall–Kier alpha value is -3.27. The first-order valence-electron chi connectivity index (χ1n) is 9.54. The number of amides is 2. The summed E-state index contributed by atoms with van der Waals surface area (Å²) in [6, 6.07) is 7.29. The van der Waals surface area contributed by atoms with Gasteiger partial charge in [-0.3, -0.25) is 9.59 Å². The molecule has 2 amide bonds. The minimum Gasteiger partial charge on any atom is -0.338 e.